The summed E-state index contributed by atoms with van der Waals surface area (Å²) in [6.45, 7) is 4.68. The van der Waals surface area contributed by atoms with Crippen molar-refractivity contribution in [3.05, 3.63) is 29.6 Å². The summed E-state index contributed by atoms with van der Waals surface area (Å²) in [6, 6.07) is 7.01. The van der Waals surface area contributed by atoms with E-state index in [0.29, 0.717) is 6.04 Å². The summed E-state index contributed by atoms with van der Waals surface area (Å²) in [4.78, 5) is 4.58. The van der Waals surface area contributed by atoms with Crippen LogP contribution in [0.3, 0.4) is 0 Å². The molecule has 1 aliphatic rings. The molecule has 1 aromatic carbocycles. The molecule has 1 atom stereocenters. The smallest absolute Gasteiger partial charge is 0.106 e. The third-order valence-electron chi connectivity index (χ3n) is 3.92. The summed E-state index contributed by atoms with van der Waals surface area (Å²) in [5, 5.41) is 3.56. The highest BCUT2D eigenvalue weighted by Gasteiger charge is 2.13. The number of hydrogen-bond donors (Lipinski definition) is 1. The fourth-order valence-corrected chi connectivity index (χ4v) is 2.64. The van der Waals surface area contributed by atoms with E-state index in [9.17, 15) is 0 Å². The highest BCUT2D eigenvalue weighted by Crippen LogP contribution is 2.16. The number of ether oxygens (including phenoxy) is 1. The number of imidazole rings is 1. The second-order valence-electron chi connectivity index (χ2n) is 5.34. The van der Waals surface area contributed by atoms with Crippen molar-refractivity contribution in [2.24, 2.45) is 7.05 Å². The van der Waals surface area contributed by atoms with E-state index in [1.807, 2.05) is 6.92 Å². The summed E-state index contributed by atoms with van der Waals surface area (Å²) in [5.74, 6) is 1.06. The van der Waals surface area contributed by atoms with E-state index in [1.54, 1.807) is 0 Å². The van der Waals surface area contributed by atoms with Gasteiger partial charge in [-0.05, 0) is 37.5 Å². The number of nitrogens with zero attached hydrogens (tertiary/aromatic N) is 2. The lowest BCUT2D eigenvalue weighted by Gasteiger charge is -2.23. The number of benzene rings is 1. The predicted octanol–water partition coefficient (Wildman–Crippen LogP) is 2.15. The van der Waals surface area contributed by atoms with E-state index in [0.717, 1.165) is 37.5 Å². The van der Waals surface area contributed by atoms with Gasteiger partial charge in [-0.15, -0.1) is 0 Å². The van der Waals surface area contributed by atoms with Crippen LogP contribution in [0.4, 0.5) is 0 Å². The molecule has 0 amide bonds. The molecular formula is C15H21N3O. The fourth-order valence-electron chi connectivity index (χ4n) is 2.64. The van der Waals surface area contributed by atoms with Crippen molar-refractivity contribution in [3.63, 3.8) is 0 Å². The Morgan fingerprint density at radius 2 is 2.37 bits per heavy atom. The van der Waals surface area contributed by atoms with Gasteiger partial charge in [0.2, 0.25) is 0 Å². The van der Waals surface area contributed by atoms with E-state index in [-0.39, 0.29) is 0 Å². The van der Waals surface area contributed by atoms with Crippen LogP contribution in [0.5, 0.6) is 0 Å². The third kappa shape index (κ3) is 2.65. The van der Waals surface area contributed by atoms with Gasteiger partial charge in [0.1, 0.15) is 5.82 Å². The van der Waals surface area contributed by atoms with Gasteiger partial charge in [0.25, 0.3) is 0 Å². The highest BCUT2D eigenvalue weighted by molar-refractivity contribution is 5.76. The quantitative estimate of drug-likeness (QED) is 0.918. The molecule has 19 heavy (non-hydrogen) atoms. The average Bonchev–Trinajstić information content (AvgIpc) is 2.73. The van der Waals surface area contributed by atoms with Crippen LogP contribution in [0.2, 0.25) is 0 Å². The number of aryl methyl sites for hydroxylation is 2. The molecule has 2 heterocycles. The summed E-state index contributed by atoms with van der Waals surface area (Å²) < 4.78 is 7.61. The Labute approximate surface area is 113 Å². The van der Waals surface area contributed by atoms with Crippen molar-refractivity contribution >= 4 is 11.0 Å². The molecule has 1 aliphatic heterocycles. The number of aromatic nitrogens is 2. The Bertz CT molecular complexity index is 570. The first kappa shape index (κ1) is 12.6. The molecular weight excluding hydrogens is 238 g/mol. The van der Waals surface area contributed by atoms with Gasteiger partial charge in [-0.25, -0.2) is 4.98 Å². The van der Waals surface area contributed by atoms with Crippen LogP contribution in [-0.2, 0) is 18.3 Å². The molecule has 4 nitrogen and oxygen atoms in total. The molecule has 1 unspecified atom stereocenters. The number of nitrogens with one attached hydrogen (secondary N) is 1. The lowest BCUT2D eigenvalue weighted by atomic mass is 10.1. The van der Waals surface area contributed by atoms with Crippen LogP contribution >= 0.6 is 0 Å². The van der Waals surface area contributed by atoms with E-state index in [2.05, 4.69) is 40.1 Å². The Morgan fingerprint density at radius 3 is 3.16 bits per heavy atom. The van der Waals surface area contributed by atoms with Crippen LogP contribution in [0.25, 0.3) is 11.0 Å². The second-order valence-corrected chi connectivity index (χ2v) is 5.34. The maximum atomic E-state index is 5.48. The number of rotatable bonds is 3. The zero-order chi connectivity index (χ0) is 13.2. The normalized spacial score (nSPS) is 20.0. The van der Waals surface area contributed by atoms with Crippen LogP contribution in [-0.4, -0.2) is 28.8 Å². The molecule has 0 spiro atoms. The van der Waals surface area contributed by atoms with Crippen molar-refractivity contribution in [1.82, 2.24) is 14.9 Å². The summed E-state index contributed by atoms with van der Waals surface area (Å²) in [6.07, 6.45) is 2.38. The minimum absolute atomic E-state index is 0.495. The summed E-state index contributed by atoms with van der Waals surface area (Å²) in [7, 11) is 2.06. The van der Waals surface area contributed by atoms with E-state index in [4.69, 9.17) is 4.74 Å². The van der Waals surface area contributed by atoms with Gasteiger partial charge in [0.15, 0.2) is 0 Å². The Morgan fingerprint density at radius 1 is 1.47 bits per heavy atom. The number of fused-ring (bicyclic) bond motifs is 1. The Hall–Kier alpha value is -1.39. The summed E-state index contributed by atoms with van der Waals surface area (Å²) >= 11 is 0. The van der Waals surface area contributed by atoms with Crippen molar-refractivity contribution in [2.45, 2.75) is 32.4 Å². The molecule has 0 saturated carbocycles. The van der Waals surface area contributed by atoms with Crippen molar-refractivity contribution < 1.29 is 4.74 Å². The van der Waals surface area contributed by atoms with Gasteiger partial charge in [0, 0.05) is 26.2 Å². The zero-order valence-electron chi connectivity index (χ0n) is 11.6. The minimum atomic E-state index is 0.495. The van der Waals surface area contributed by atoms with E-state index in [1.165, 1.54) is 17.5 Å². The second kappa shape index (κ2) is 5.31. The molecule has 2 aromatic rings. The summed E-state index contributed by atoms with van der Waals surface area (Å²) in [5.41, 5.74) is 3.57. The molecule has 1 aromatic heterocycles. The maximum absolute atomic E-state index is 5.48. The van der Waals surface area contributed by atoms with Crippen LogP contribution in [0, 0.1) is 6.92 Å². The predicted molar refractivity (Wildman–Crippen MR) is 76.1 cm³/mol. The van der Waals surface area contributed by atoms with Crippen molar-refractivity contribution in [2.75, 3.05) is 13.2 Å². The molecule has 3 rings (SSSR count). The third-order valence-corrected chi connectivity index (χ3v) is 3.92. The first-order valence-electron chi connectivity index (χ1n) is 6.97. The number of hydrogen-bond acceptors (Lipinski definition) is 3. The topological polar surface area (TPSA) is 39.1 Å². The lowest BCUT2D eigenvalue weighted by Crippen LogP contribution is -2.36. The Kier molecular flexibility index (Phi) is 3.53. The van der Waals surface area contributed by atoms with Gasteiger partial charge < -0.3 is 14.6 Å². The average molecular weight is 259 g/mol. The van der Waals surface area contributed by atoms with Crippen molar-refractivity contribution in [3.8, 4) is 0 Å². The molecule has 102 valence electrons. The molecule has 4 heteroatoms. The molecule has 1 saturated heterocycles. The zero-order valence-corrected chi connectivity index (χ0v) is 11.6. The van der Waals surface area contributed by atoms with Gasteiger partial charge >= 0.3 is 0 Å². The van der Waals surface area contributed by atoms with Crippen molar-refractivity contribution in [1.29, 1.82) is 0 Å². The van der Waals surface area contributed by atoms with E-state index >= 15 is 0 Å². The standard InChI is InChI=1S/C15H21N3O/c1-11-17-14-8-12(5-6-15(14)18(11)2)9-16-13-4-3-7-19-10-13/h5-6,8,13,16H,3-4,7,9-10H2,1-2H3. The molecule has 0 radical (unpaired) electrons. The van der Waals surface area contributed by atoms with Gasteiger partial charge in [0.05, 0.1) is 17.6 Å². The first-order chi connectivity index (χ1) is 9.24. The Balaban J connectivity index is 1.70. The monoisotopic (exact) mass is 259 g/mol. The van der Waals surface area contributed by atoms with Gasteiger partial charge in [-0.3, -0.25) is 0 Å². The van der Waals surface area contributed by atoms with Crippen LogP contribution in [0.15, 0.2) is 18.2 Å². The minimum Gasteiger partial charge on any atom is -0.380 e. The SMILES string of the molecule is Cc1nc2cc(CNC3CCCOC3)ccc2n1C. The van der Waals surface area contributed by atoms with E-state index < -0.39 is 0 Å². The highest BCUT2D eigenvalue weighted by atomic mass is 16.5. The molecule has 0 aliphatic carbocycles. The maximum Gasteiger partial charge on any atom is 0.106 e. The molecule has 1 fully saturated rings. The largest absolute Gasteiger partial charge is 0.380 e. The fraction of sp³-hybridized carbons (Fsp3) is 0.533. The lowest BCUT2D eigenvalue weighted by molar-refractivity contribution is 0.0699. The van der Waals surface area contributed by atoms with Crippen LogP contribution in [0.1, 0.15) is 24.2 Å². The van der Waals surface area contributed by atoms with Gasteiger partial charge in [-0.1, -0.05) is 6.07 Å². The van der Waals surface area contributed by atoms with Gasteiger partial charge in [-0.2, -0.15) is 0 Å². The first-order valence-corrected chi connectivity index (χ1v) is 6.97. The molecule has 0 bridgehead atoms. The van der Waals surface area contributed by atoms with Crippen LogP contribution < -0.4 is 5.32 Å². The molecule has 1 N–H and O–H groups in total.